The van der Waals surface area contributed by atoms with Crippen LogP contribution in [-0.2, 0) is 6.54 Å². The lowest BCUT2D eigenvalue weighted by Gasteiger charge is -2.28. The van der Waals surface area contributed by atoms with Crippen molar-refractivity contribution in [3.05, 3.63) is 71.6 Å². The van der Waals surface area contributed by atoms with Crippen LogP contribution in [0.4, 0.5) is 10.5 Å². The van der Waals surface area contributed by atoms with Crippen LogP contribution in [0.25, 0.3) is 0 Å². The number of carbonyl (C=O) groups is 2. The molecule has 1 unspecified atom stereocenters. The van der Waals surface area contributed by atoms with Crippen LogP contribution in [0.15, 0.2) is 64.4 Å². The standard InChI is InChI=1S/C25H26N4O5S/c1-4-22-23(17-8-11-19(32-3)21(14-17)33-5-2)28-29(25(31)35-22)15-16-6-9-18(10-7-16)27-24(30)20-12-13-26-34-20/h6-14,22H,4-5,15H2,1-3H3,(H,27,30). The number of rotatable bonds is 9. The zero-order valence-corrected chi connectivity index (χ0v) is 20.5. The second-order valence-electron chi connectivity index (χ2n) is 7.65. The predicted octanol–water partition coefficient (Wildman–Crippen LogP) is 5.19. The topological polar surface area (TPSA) is 106 Å². The summed E-state index contributed by atoms with van der Waals surface area (Å²) in [6.07, 6.45) is 2.17. The van der Waals surface area contributed by atoms with Gasteiger partial charge in [0.05, 0.1) is 37.4 Å². The molecule has 1 atom stereocenters. The lowest BCUT2D eigenvalue weighted by molar-refractivity contribution is 0.0988. The average Bonchev–Trinajstić information content (AvgIpc) is 3.42. The molecule has 2 heterocycles. The van der Waals surface area contributed by atoms with Gasteiger partial charge >= 0.3 is 5.24 Å². The predicted molar refractivity (Wildman–Crippen MR) is 134 cm³/mol. The van der Waals surface area contributed by atoms with E-state index >= 15 is 0 Å². The molecule has 1 aliphatic rings. The molecule has 0 spiro atoms. The van der Waals surface area contributed by atoms with Crippen LogP contribution in [0.3, 0.4) is 0 Å². The first kappa shape index (κ1) is 24.3. The smallest absolute Gasteiger partial charge is 0.302 e. The quantitative estimate of drug-likeness (QED) is 0.436. The Morgan fingerprint density at radius 3 is 2.60 bits per heavy atom. The third-order valence-corrected chi connectivity index (χ3v) is 6.58. The first-order valence-corrected chi connectivity index (χ1v) is 12.1. The normalized spacial score (nSPS) is 15.5. The fourth-order valence-corrected chi connectivity index (χ4v) is 4.52. The molecule has 0 aliphatic carbocycles. The first-order chi connectivity index (χ1) is 17.0. The van der Waals surface area contributed by atoms with Crippen molar-refractivity contribution in [3.63, 3.8) is 0 Å². The Hall–Kier alpha value is -3.79. The minimum Gasteiger partial charge on any atom is -0.493 e. The number of methoxy groups -OCH3 is 1. The molecule has 2 aromatic carbocycles. The zero-order chi connectivity index (χ0) is 24.8. The van der Waals surface area contributed by atoms with Gasteiger partial charge in [0.1, 0.15) is 0 Å². The van der Waals surface area contributed by atoms with E-state index in [1.54, 1.807) is 19.2 Å². The fourth-order valence-electron chi connectivity index (χ4n) is 3.59. The van der Waals surface area contributed by atoms with E-state index < -0.39 is 0 Å². The molecule has 1 aromatic heterocycles. The van der Waals surface area contributed by atoms with Gasteiger partial charge < -0.3 is 19.3 Å². The molecule has 9 nitrogen and oxygen atoms in total. The van der Waals surface area contributed by atoms with E-state index in [1.165, 1.54) is 29.0 Å². The van der Waals surface area contributed by atoms with Gasteiger partial charge in [-0.15, -0.1) is 0 Å². The van der Waals surface area contributed by atoms with E-state index in [9.17, 15) is 9.59 Å². The summed E-state index contributed by atoms with van der Waals surface area (Å²) < 4.78 is 16.0. The van der Waals surface area contributed by atoms with Crippen molar-refractivity contribution < 1.29 is 23.6 Å². The average molecular weight is 495 g/mol. The zero-order valence-electron chi connectivity index (χ0n) is 19.7. The monoisotopic (exact) mass is 494 g/mol. The van der Waals surface area contributed by atoms with Crippen LogP contribution < -0.4 is 14.8 Å². The van der Waals surface area contributed by atoms with Gasteiger partial charge in [0, 0.05) is 17.3 Å². The number of anilines is 1. The molecule has 0 saturated heterocycles. The molecule has 182 valence electrons. The Balaban J connectivity index is 1.53. The molecular formula is C25H26N4O5S. The third-order valence-electron chi connectivity index (χ3n) is 5.32. The maximum atomic E-state index is 12.8. The number of hydrazone groups is 1. The van der Waals surface area contributed by atoms with Crippen LogP contribution in [0, 0.1) is 0 Å². The van der Waals surface area contributed by atoms with Crippen molar-refractivity contribution in [2.75, 3.05) is 19.0 Å². The van der Waals surface area contributed by atoms with Crippen LogP contribution in [0.1, 0.15) is 41.9 Å². The van der Waals surface area contributed by atoms with Crippen molar-refractivity contribution in [1.29, 1.82) is 0 Å². The van der Waals surface area contributed by atoms with Gasteiger partial charge in [-0.25, -0.2) is 5.01 Å². The molecule has 0 saturated carbocycles. The van der Waals surface area contributed by atoms with E-state index in [2.05, 4.69) is 10.5 Å². The highest BCUT2D eigenvalue weighted by molar-refractivity contribution is 8.14. The molecule has 0 fully saturated rings. The summed E-state index contributed by atoms with van der Waals surface area (Å²) in [5.41, 5.74) is 3.18. The molecular weight excluding hydrogens is 468 g/mol. The molecule has 10 heteroatoms. The van der Waals surface area contributed by atoms with Gasteiger partial charge in [0.2, 0.25) is 5.76 Å². The molecule has 0 bridgehead atoms. The second-order valence-corrected chi connectivity index (χ2v) is 8.80. The minimum absolute atomic E-state index is 0.0599. The van der Waals surface area contributed by atoms with E-state index in [0.29, 0.717) is 30.3 Å². The molecule has 1 N–H and O–H groups in total. The number of thioether (sulfide) groups is 1. The van der Waals surface area contributed by atoms with Crippen molar-refractivity contribution in [2.45, 2.75) is 32.1 Å². The number of nitrogens with zero attached hydrogens (tertiary/aromatic N) is 3. The number of benzene rings is 2. The highest BCUT2D eigenvalue weighted by Gasteiger charge is 2.30. The van der Waals surface area contributed by atoms with Crippen molar-refractivity contribution in [2.24, 2.45) is 5.10 Å². The number of carbonyl (C=O) groups excluding carboxylic acids is 2. The summed E-state index contributed by atoms with van der Waals surface area (Å²) in [6, 6.07) is 14.4. The molecule has 2 amide bonds. The Morgan fingerprint density at radius 2 is 1.94 bits per heavy atom. The Morgan fingerprint density at radius 1 is 1.14 bits per heavy atom. The maximum absolute atomic E-state index is 12.8. The van der Waals surface area contributed by atoms with E-state index in [0.717, 1.165) is 23.3 Å². The summed E-state index contributed by atoms with van der Waals surface area (Å²) in [5.74, 6) is 1.03. The van der Waals surface area contributed by atoms with Crippen molar-refractivity contribution >= 4 is 34.3 Å². The summed E-state index contributed by atoms with van der Waals surface area (Å²) in [5, 5.41) is 12.3. The maximum Gasteiger partial charge on any atom is 0.302 e. The van der Waals surface area contributed by atoms with Crippen molar-refractivity contribution in [3.8, 4) is 11.5 Å². The summed E-state index contributed by atoms with van der Waals surface area (Å²) in [6.45, 7) is 4.77. The van der Waals surface area contributed by atoms with Crippen LogP contribution >= 0.6 is 11.8 Å². The van der Waals surface area contributed by atoms with Crippen LogP contribution in [0.5, 0.6) is 11.5 Å². The number of hydrogen-bond donors (Lipinski definition) is 1. The highest BCUT2D eigenvalue weighted by Crippen LogP contribution is 2.34. The van der Waals surface area contributed by atoms with Gasteiger partial charge in [-0.05, 0) is 49.2 Å². The summed E-state index contributed by atoms with van der Waals surface area (Å²) in [4.78, 5) is 24.9. The third kappa shape index (κ3) is 5.65. The minimum atomic E-state index is -0.386. The van der Waals surface area contributed by atoms with Gasteiger partial charge in [0.15, 0.2) is 11.5 Å². The number of nitrogens with one attached hydrogen (secondary N) is 1. The van der Waals surface area contributed by atoms with Gasteiger partial charge in [0.25, 0.3) is 5.91 Å². The molecule has 1 aliphatic heterocycles. The van der Waals surface area contributed by atoms with E-state index in [-0.39, 0.29) is 22.2 Å². The molecule has 35 heavy (non-hydrogen) atoms. The van der Waals surface area contributed by atoms with Crippen LogP contribution in [0.2, 0.25) is 0 Å². The van der Waals surface area contributed by atoms with Crippen LogP contribution in [-0.4, -0.2) is 46.0 Å². The molecule has 4 rings (SSSR count). The number of hydrogen-bond acceptors (Lipinski definition) is 8. The Bertz CT molecular complexity index is 1210. The molecule has 0 radical (unpaired) electrons. The summed E-state index contributed by atoms with van der Waals surface area (Å²) in [7, 11) is 1.60. The first-order valence-electron chi connectivity index (χ1n) is 11.2. The summed E-state index contributed by atoms with van der Waals surface area (Å²) >= 11 is 1.27. The fraction of sp³-hybridized carbons (Fsp3) is 0.280. The van der Waals surface area contributed by atoms with E-state index in [4.69, 9.17) is 19.1 Å². The lowest BCUT2D eigenvalue weighted by Crippen LogP contribution is -2.34. The van der Waals surface area contributed by atoms with E-state index in [1.807, 2.05) is 44.2 Å². The number of ether oxygens (including phenoxy) is 2. The molecule has 3 aromatic rings. The highest BCUT2D eigenvalue weighted by atomic mass is 32.2. The second kappa shape index (κ2) is 11.1. The number of amides is 2. The van der Waals surface area contributed by atoms with Crippen molar-refractivity contribution in [1.82, 2.24) is 10.2 Å². The lowest BCUT2D eigenvalue weighted by atomic mass is 10.0. The Labute approximate surface area is 207 Å². The number of aromatic nitrogens is 1. The van der Waals surface area contributed by atoms with Gasteiger partial charge in [-0.3, -0.25) is 9.59 Å². The van der Waals surface area contributed by atoms with Gasteiger partial charge in [-0.1, -0.05) is 36.0 Å². The largest absolute Gasteiger partial charge is 0.493 e. The Kier molecular flexibility index (Phi) is 7.71. The SMILES string of the molecule is CCOc1cc(C2=NN(Cc3ccc(NC(=O)c4ccno4)cc3)C(=O)SC2CC)ccc1OC. The van der Waals surface area contributed by atoms with Gasteiger partial charge in [-0.2, -0.15) is 5.10 Å².